The van der Waals surface area contributed by atoms with Gasteiger partial charge in [0.25, 0.3) is 0 Å². The third-order valence-corrected chi connectivity index (χ3v) is 2.56. The summed E-state index contributed by atoms with van der Waals surface area (Å²) in [6.45, 7) is 4.69. The quantitative estimate of drug-likeness (QED) is 0.412. The van der Waals surface area contributed by atoms with Crippen LogP contribution in [0.2, 0.25) is 0 Å². The van der Waals surface area contributed by atoms with Crippen molar-refractivity contribution in [2.24, 2.45) is 0 Å². The molecule has 0 saturated carbocycles. The van der Waals surface area contributed by atoms with Crippen molar-refractivity contribution < 1.29 is 24.3 Å². The predicted octanol–water partition coefficient (Wildman–Crippen LogP) is 0.756. The second-order valence-corrected chi connectivity index (χ2v) is 4.06. The molecule has 0 atom stereocenters. The Morgan fingerprint density at radius 3 is 2.53 bits per heavy atom. The van der Waals surface area contributed by atoms with Gasteiger partial charge in [-0.1, -0.05) is 13.3 Å². The lowest BCUT2D eigenvalue weighted by molar-refractivity contribution is 0.112. The maximum Gasteiger partial charge on any atom is 0.492 e. The van der Waals surface area contributed by atoms with E-state index in [1.54, 1.807) is 6.92 Å². The van der Waals surface area contributed by atoms with Crippen LogP contribution in [0.15, 0.2) is 12.1 Å². The molecule has 0 aliphatic rings. The monoisotopic (exact) mass is 266 g/mol. The molecule has 0 fully saturated rings. The molecule has 2 N–H and O–H groups in total. The topological polar surface area (TPSA) is 76.0 Å². The molecule has 1 rings (SSSR count). The number of hydrogen-bond donors (Lipinski definition) is 2. The zero-order chi connectivity index (χ0) is 14.3. The van der Waals surface area contributed by atoms with Gasteiger partial charge in [-0.2, -0.15) is 0 Å². The molecule has 104 valence electrons. The van der Waals surface area contributed by atoms with Gasteiger partial charge >= 0.3 is 7.12 Å². The largest absolute Gasteiger partial charge is 0.492 e. The van der Waals surface area contributed by atoms with Gasteiger partial charge in [0.15, 0.2) is 11.5 Å². The maximum atomic E-state index is 10.8. The lowest BCUT2D eigenvalue weighted by atomic mass is 9.78. The van der Waals surface area contributed by atoms with Crippen molar-refractivity contribution in [2.75, 3.05) is 13.2 Å². The van der Waals surface area contributed by atoms with Gasteiger partial charge in [-0.3, -0.25) is 4.79 Å². The van der Waals surface area contributed by atoms with Crippen LogP contribution in [0.1, 0.15) is 37.0 Å². The van der Waals surface area contributed by atoms with Crippen LogP contribution in [-0.2, 0) is 0 Å². The van der Waals surface area contributed by atoms with E-state index in [0.29, 0.717) is 30.8 Å². The van der Waals surface area contributed by atoms with E-state index in [2.05, 4.69) is 0 Å². The number of carbonyl (C=O) groups is 1. The number of ether oxygens (including phenoxy) is 2. The van der Waals surface area contributed by atoms with E-state index < -0.39 is 7.12 Å². The zero-order valence-corrected chi connectivity index (χ0v) is 11.3. The van der Waals surface area contributed by atoms with E-state index in [9.17, 15) is 14.8 Å². The minimum Gasteiger partial charge on any atom is -0.490 e. The van der Waals surface area contributed by atoms with E-state index in [-0.39, 0.29) is 11.2 Å². The van der Waals surface area contributed by atoms with Crippen LogP contribution < -0.4 is 14.9 Å². The van der Waals surface area contributed by atoms with Gasteiger partial charge < -0.3 is 19.5 Å². The molecule has 0 aromatic heterocycles. The summed E-state index contributed by atoms with van der Waals surface area (Å²) in [6.07, 6.45) is 2.44. The number of carbonyl (C=O) groups excluding carboxylic acids is 1. The van der Waals surface area contributed by atoms with Crippen molar-refractivity contribution in [1.82, 2.24) is 0 Å². The van der Waals surface area contributed by atoms with Gasteiger partial charge in [0, 0.05) is 11.0 Å². The fourth-order valence-electron chi connectivity index (χ4n) is 1.64. The standard InChI is InChI=1S/C13H19BO5/c1-3-5-6-19-13-11(14(16)17)7-10(9-15)8-12(13)18-4-2/h7-9,16-17H,3-6H2,1-2H3. The van der Waals surface area contributed by atoms with Crippen molar-refractivity contribution in [3.05, 3.63) is 17.7 Å². The number of rotatable bonds is 8. The van der Waals surface area contributed by atoms with Gasteiger partial charge in [0.2, 0.25) is 0 Å². The molecule has 6 heteroatoms. The fraction of sp³-hybridized carbons (Fsp3) is 0.462. The minimum absolute atomic E-state index is 0.143. The summed E-state index contributed by atoms with van der Waals surface area (Å²) >= 11 is 0. The summed E-state index contributed by atoms with van der Waals surface area (Å²) in [4.78, 5) is 10.8. The first-order chi connectivity index (χ1) is 9.13. The first kappa shape index (κ1) is 15.5. The highest BCUT2D eigenvalue weighted by atomic mass is 16.5. The Bertz CT molecular complexity index is 420. The fourth-order valence-corrected chi connectivity index (χ4v) is 1.64. The van der Waals surface area contributed by atoms with E-state index in [0.717, 1.165) is 12.8 Å². The Kier molecular flexibility index (Phi) is 6.39. The van der Waals surface area contributed by atoms with E-state index in [1.165, 1.54) is 12.1 Å². The summed E-state index contributed by atoms with van der Waals surface area (Å²) in [5.41, 5.74) is 0.457. The summed E-state index contributed by atoms with van der Waals surface area (Å²) in [6, 6.07) is 2.92. The lowest BCUT2D eigenvalue weighted by Gasteiger charge is -2.16. The maximum absolute atomic E-state index is 10.8. The van der Waals surface area contributed by atoms with E-state index in [1.807, 2.05) is 6.92 Å². The molecular formula is C13H19BO5. The summed E-state index contributed by atoms with van der Waals surface area (Å²) in [5, 5.41) is 18.8. The normalized spacial score (nSPS) is 10.1. The number of hydrogen-bond acceptors (Lipinski definition) is 5. The van der Waals surface area contributed by atoms with Gasteiger partial charge in [-0.05, 0) is 25.5 Å². The van der Waals surface area contributed by atoms with Crippen LogP contribution in [0, 0.1) is 0 Å². The first-order valence-electron chi connectivity index (χ1n) is 6.38. The van der Waals surface area contributed by atoms with Crippen molar-refractivity contribution in [3.8, 4) is 11.5 Å². The van der Waals surface area contributed by atoms with Crippen LogP contribution in [-0.4, -0.2) is 36.7 Å². The third kappa shape index (κ3) is 4.26. The van der Waals surface area contributed by atoms with Crippen molar-refractivity contribution in [2.45, 2.75) is 26.7 Å². The van der Waals surface area contributed by atoms with Gasteiger partial charge in [0.05, 0.1) is 13.2 Å². The molecule has 1 aromatic carbocycles. The molecule has 0 heterocycles. The van der Waals surface area contributed by atoms with E-state index in [4.69, 9.17) is 9.47 Å². The molecule has 0 radical (unpaired) electrons. The second-order valence-electron chi connectivity index (χ2n) is 4.06. The van der Waals surface area contributed by atoms with Crippen molar-refractivity contribution in [1.29, 1.82) is 0 Å². The van der Waals surface area contributed by atoms with E-state index >= 15 is 0 Å². The molecule has 0 bridgehead atoms. The molecule has 0 spiro atoms. The molecule has 0 unspecified atom stereocenters. The molecule has 1 aromatic rings. The van der Waals surface area contributed by atoms with Crippen molar-refractivity contribution in [3.63, 3.8) is 0 Å². The molecular weight excluding hydrogens is 247 g/mol. The van der Waals surface area contributed by atoms with Crippen LogP contribution in [0.3, 0.4) is 0 Å². The zero-order valence-electron chi connectivity index (χ0n) is 11.3. The first-order valence-corrected chi connectivity index (χ1v) is 6.38. The molecule has 0 saturated heterocycles. The SMILES string of the molecule is CCCCOc1c(OCC)cc(C=O)cc1B(O)O. The Morgan fingerprint density at radius 2 is 2.00 bits per heavy atom. The minimum atomic E-state index is -1.71. The number of aldehydes is 1. The molecule has 0 amide bonds. The number of unbranched alkanes of at least 4 members (excludes halogenated alkanes) is 1. The average Bonchev–Trinajstić information content (AvgIpc) is 2.40. The highest BCUT2D eigenvalue weighted by Gasteiger charge is 2.22. The lowest BCUT2D eigenvalue weighted by Crippen LogP contribution is -2.32. The Labute approximate surface area is 113 Å². The van der Waals surface area contributed by atoms with Crippen LogP contribution in [0.4, 0.5) is 0 Å². The summed E-state index contributed by atoms with van der Waals surface area (Å²) in [7, 11) is -1.71. The highest BCUT2D eigenvalue weighted by Crippen LogP contribution is 2.27. The Morgan fingerprint density at radius 1 is 1.26 bits per heavy atom. The Hall–Kier alpha value is -1.53. The molecule has 19 heavy (non-hydrogen) atoms. The molecule has 5 nitrogen and oxygen atoms in total. The second kappa shape index (κ2) is 7.81. The highest BCUT2D eigenvalue weighted by molar-refractivity contribution is 6.60. The van der Waals surface area contributed by atoms with Crippen molar-refractivity contribution >= 4 is 18.9 Å². The predicted molar refractivity (Wildman–Crippen MR) is 73.2 cm³/mol. The van der Waals surface area contributed by atoms with Gasteiger partial charge in [-0.25, -0.2) is 0 Å². The Balaban J connectivity index is 3.15. The summed E-state index contributed by atoms with van der Waals surface area (Å²) in [5.74, 6) is 0.641. The average molecular weight is 266 g/mol. The van der Waals surface area contributed by atoms with Crippen LogP contribution >= 0.6 is 0 Å². The smallest absolute Gasteiger partial charge is 0.490 e. The van der Waals surface area contributed by atoms with Crippen LogP contribution in [0.25, 0.3) is 0 Å². The van der Waals surface area contributed by atoms with Gasteiger partial charge in [-0.15, -0.1) is 0 Å². The van der Waals surface area contributed by atoms with Gasteiger partial charge in [0.1, 0.15) is 6.29 Å². The third-order valence-electron chi connectivity index (χ3n) is 2.56. The number of benzene rings is 1. The summed E-state index contributed by atoms with van der Waals surface area (Å²) < 4.78 is 11.0. The van der Waals surface area contributed by atoms with Crippen LogP contribution in [0.5, 0.6) is 11.5 Å². The molecule has 0 aliphatic carbocycles. The molecule has 0 aliphatic heterocycles.